The summed E-state index contributed by atoms with van der Waals surface area (Å²) in [4.78, 5) is 1.32. The molecule has 2 rings (SSSR count). The molecule has 0 aliphatic carbocycles. The third-order valence-corrected chi connectivity index (χ3v) is 3.93. The summed E-state index contributed by atoms with van der Waals surface area (Å²) < 4.78 is 1.35. The monoisotopic (exact) mass is 219 g/mol. The van der Waals surface area contributed by atoms with Gasteiger partial charge in [-0.05, 0) is 23.9 Å². The first-order valence-electron chi connectivity index (χ1n) is 5.55. The van der Waals surface area contributed by atoms with E-state index in [0.29, 0.717) is 0 Å². The van der Waals surface area contributed by atoms with E-state index in [4.69, 9.17) is 5.73 Å². The lowest BCUT2D eigenvalue weighted by Gasteiger charge is -2.07. The van der Waals surface area contributed by atoms with Gasteiger partial charge in [0.05, 0.1) is 0 Å². The molecule has 0 saturated heterocycles. The van der Waals surface area contributed by atoms with E-state index in [9.17, 15) is 0 Å². The minimum Gasteiger partial charge on any atom is -0.323 e. The van der Waals surface area contributed by atoms with Crippen molar-refractivity contribution in [3.63, 3.8) is 0 Å². The van der Waals surface area contributed by atoms with Gasteiger partial charge in [0.1, 0.15) is 0 Å². The van der Waals surface area contributed by atoms with Gasteiger partial charge < -0.3 is 5.73 Å². The van der Waals surface area contributed by atoms with Crippen molar-refractivity contribution >= 4 is 21.4 Å². The average Bonchev–Trinajstić information content (AvgIpc) is 2.69. The molecule has 0 fully saturated rings. The number of hydrogen-bond acceptors (Lipinski definition) is 2. The molecule has 0 saturated carbocycles. The molecule has 1 heterocycles. The molecule has 0 bridgehead atoms. The lowest BCUT2D eigenvalue weighted by atomic mass is 10.1. The van der Waals surface area contributed by atoms with E-state index in [-0.39, 0.29) is 6.04 Å². The van der Waals surface area contributed by atoms with Crippen LogP contribution in [0.1, 0.15) is 37.1 Å². The van der Waals surface area contributed by atoms with Crippen molar-refractivity contribution in [2.24, 2.45) is 5.73 Å². The van der Waals surface area contributed by atoms with Crippen molar-refractivity contribution < 1.29 is 0 Å². The highest BCUT2D eigenvalue weighted by Crippen LogP contribution is 2.30. The Morgan fingerprint density at radius 3 is 2.87 bits per heavy atom. The number of hydrogen-bond donors (Lipinski definition) is 1. The van der Waals surface area contributed by atoms with E-state index in [1.54, 1.807) is 0 Å². The van der Waals surface area contributed by atoms with E-state index < -0.39 is 0 Å². The van der Waals surface area contributed by atoms with Gasteiger partial charge in [0.2, 0.25) is 0 Å². The largest absolute Gasteiger partial charge is 0.323 e. The molecule has 80 valence electrons. The predicted octanol–water partition coefficient (Wildman–Crippen LogP) is 4.09. The Morgan fingerprint density at radius 1 is 1.33 bits per heavy atom. The van der Waals surface area contributed by atoms with Crippen LogP contribution in [0.25, 0.3) is 10.1 Å². The molecule has 1 unspecified atom stereocenters. The summed E-state index contributed by atoms with van der Waals surface area (Å²) in [6, 6.07) is 10.9. The summed E-state index contributed by atoms with van der Waals surface area (Å²) in [5.74, 6) is 0. The Kier molecular flexibility index (Phi) is 3.39. The molecule has 2 aromatic rings. The maximum atomic E-state index is 6.16. The van der Waals surface area contributed by atoms with E-state index in [2.05, 4.69) is 37.3 Å². The van der Waals surface area contributed by atoms with Crippen LogP contribution in [0.3, 0.4) is 0 Å². The maximum Gasteiger partial charge on any atom is 0.0390 e. The molecular formula is C13H17NS. The normalized spacial score (nSPS) is 13.2. The van der Waals surface area contributed by atoms with Crippen molar-refractivity contribution in [1.29, 1.82) is 0 Å². The van der Waals surface area contributed by atoms with Crippen molar-refractivity contribution in [3.8, 4) is 0 Å². The van der Waals surface area contributed by atoms with Gasteiger partial charge in [-0.3, -0.25) is 0 Å². The fourth-order valence-corrected chi connectivity index (χ4v) is 2.85. The Balaban J connectivity index is 2.20. The highest BCUT2D eigenvalue weighted by Gasteiger charge is 2.08. The number of nitrogens with two attached hydrogens (primary N) is 1. The predicted molar refractivity (Wildman–Crippen MR) is 68.3 cm³/mol. The molecule has 0 aliphatic rings. The van der Waals surface area contributed by atoms with Crippen LogP contribution < -0.4 is 5.73 Å². The Hall–Kier alpha value is -0.860. The second kappa shape index (κ2) is 4.77. The second-order valence-electron chi connectivity index (χ2n) is 3.94. The lowest BCUT2D eigenvalue weighted by Crippen LogP contribution is -2.07. The third-order valence-electron chi connectivity index (χ3n) is 2.68. The first-order chi connectivity index (χ1) is 7.31. The summed E-state index contributed by atoms with van der Waals surface area (Å²) in [5.41, 5.74) is 6.16. The number of rotatable bonds is 4. The molecule has 0 spiro atoms. The smallest absolute Gasteiger partial charge is 0.0390 e. The van der Waals surface area contributed by atoms with Crippen molar-refractivity contribution in [2.75, 3.05) is 0 Å². The molecular weight excluding hydrogens is 202 g/mol. The number of fused-ring (bicyclic) bond motifs is 1. The number of benzene rings is 1. The zero-order valence-electron chi connectivity index (χ0n) is 9.07. The first kappa shape index (κ1) is 10.7. The van der Waals surface area contributed by atoms with Gasteiger partial charge in [0.15, 0.2) is 0 Å². The topological polar surface area (TPSA) is 26.0 Å². The standard InChI is InChI=1S/C13H17NS/c1-2-3-7-11(14)13-9-10-6-4-5-8-12(10)15-13/h4-6,8-9,11H,2-3,7,14H2,1H3. The Morgan fingerprint density at radius 2 is 2.13 bits per heavy atom. The molecule has 2 N–H and O–H groups in total. The quantitative estimate of drug-likeness (QED) is 0.823. The Bertz CT molecular complexity index is 400. The van der Waals surface area contributed by atoms with Gasteiger partial charge in [0.25, 0.3) is 0 Å². The van der Waals surface area contributed by atoms with Crippen LogP contribution in [0.5, 0.6) is 0 Å². The molecule has 2 heteroatoms. The summed E-state index contributed by atoms with van der Waals surface area (Å²) >= 11 is 1.83. The van der Waals surface area contributed by atoms with Gasteiger partial charge in [0, 0.05) is 15.6 Å². The van der Waals surface area contributed by atoms with Crippen LogP contribution >= 0.6 is 11.3 Å². The van der Waals surface area contributed by atoms with E-state index >= 15 is 0 Å². The van der Waals surface area contributed by atoms with Crippen LogP contribution in [0.2, 0.25) is 0 Å². The zero-order chi connectivity index (χ0) is 10.7. The first-order valence-corrected chi connectivity index (χ1v) is 6.37. The van der Waals surface area contributed by atoms with Crippen molar-refractivity contribution in [3.05, 3.63) is 35.2 Å². The minimum atomic E-state index is 0.224. The molecule has 1 aromatic heterocycles. The average molecular weight is 219 g/mol. The zero-order valence-corrected chi connectivity index (χ0v) is 9.89. The number of thiophene rings is 1. The molecule has 0 aliphatic heterocycles. The summed E-state index contributed by atoms with van der Waals surface area (Å²) in [6.45, 7) is 2.21. The summed E-state index contributed by atoms with van der Waals surface area (Å²) in [5, 5.41) is 1.32. The molecule has 1 nitrogen and oxygen atoms in total. The third kappa shape index (κ3) is 2.39. The highest BCUT2D eigenvalue weighted by molar-refractivity contribution is 7.19. The highest BCUT2D eigenvalue weighted by atomic mass is 32.1. The molecule has 1 aromatic carbocycles. The van der Waals surface area contributed by atoms with Crippen molar-refractivity contribution in [1.82, 2.24) is 0 Å². The van der Waals surface area contributed by atoms with Gasteiger partial charge in [-0.2, -0.15) is 0 Å². The second-order valence-corrected chi connectivity index (χ2v) is 5.05. The van der Waals surface area contributed by atoms with Crippen LogP contribution in [-0.4, -0.2) is 0 Å². The molecule has 15 heavy (non-hydrogen) atoms. The molecule has 1 atom stereocenters. The molecule has 0 amide bonds. The van der Waals surface area contributed by atoms with Crippen LogP contribution in [-0.2, 0) is 0 Å². The van der Waals surface area contributed by atoms with Crippen LogP contribution in [0.15, 0.2) is 30.3 Å². The maximum absolute atomic E-state index is 6.16. The van der Waals surface area contributed by atoms with Crippen LogP contribution in [0.4, 0.5) is 0 Å². The summed E-state index contributed by atoms with van der Waals surface area (Å²) in [6.07, 6.45) is 3.54. The van der Waals surface area contributed by atoms with Gasteiger partial charge in [-0.15, -0.1) is 11.3 Å². The van der Waals surface area contributed by atoms with Crippen molar-refractivity contribution in [2.45, 2.75) is 32.2 Å². The number of unbranched alkanes of at least 4 members (excludes halogenated alkanes) is 1. The fourth-order valence-electron chi connectivity index (χ4n) is 1.75. The van der Waals surface area contributed by atoms with E-state index in [1.807, 2.05) is 11.3 Å². The summed E-state index contributed by atoms with van der Waals surface area (Å²) in [7, 11) is 0. The van der Waals surface area contributed by atoms with Gasteiger partial charge in [-0.1, -0.05) is 38.0 Å². The van der Waals surface area contributed by atoms with Gasteiger partial charge >= 0.3 is 0 Å². The minimum absolute atomic E-state index is 0.224. The van der Waals surface area contributed by atoms with Gasteiger partial charge in [-0.25, -0.2) is 0 Å². The lowest BCUT2D eigenvalue weighted by molar-refractivity contribution is 0.611. The molecule has 0 radical (unpaired) electrons. The van der Waals surface area contributed by atoms with E-state index in [0.717, 1.165) is 6.42 Å². The van der Waals surface area contributed by atoms with Crippen LogP contribution in [0, 0.1) is 0 Å². The fraction of sp³-hybridized carbons (Fsp3) is 0.385. The van der Waals surface area contributed by atoms with E-state index in [1.165, 1.54) is 27.8 Å². The SMILES string of the molecule is CCCCC(N)c1cc2ccccc2s1. The Labute approximate surface area is 94.9 Å².